The Morgan fingerprint density at radius 3 is 2.55 bits per heavy atom. The molecule has 0 aliphatic rings. The molecular formula is C16H13N3O. The highest BCUT2D eigenvalue weighted by atomic mass is 16.5. The van der Waals surface area contributed by atoms with Crippen LogP contribution in [0.15, 0.2) is 42.6 Å². The standard InChI is InChI=1S/C16H13N3O/c1-11-13(9-17)5-8-16-18-15(10-19(11)16)12-3-6-14(20-2)7-4-12/h3-8,10H,1-2H3. The minimum atomic E-state index is 0.663. The van der Waals surface area contributed by atoms with Gasteiger partial charge in [0.15, 0.2) is 0 Å². The summed E-state index contributed by atoms with van der Waals surface area (Å²) in [5.41, 5.74) is 4.30. The van der Waals surface area contributed by atoms with Crippen molar-refractivity contribution in [2.45, 2.75) is 6.92 Å². The molecule has 4 heteroatoms. The van der Waals surface area contributed by atoms with Crippen molar-refractivity contribution < 1.29 is 4.74 Å². The van der Waals surface area contributed by atoms with Gasteiger partial charge in [0.1, 0.15) is 17.5 Å². The molecule has 3 rings (SSSR count). The van der Waals surface area contributed by atoms with E-state index in [0.29, 0.717) is 5.56 Å². The van der Waals surface area contributed by atoms with E-state index in [1.54, 1.807) is 13.2 Å². The zero-order valence-corrected chi connectivity index (χ0v) is 11.3. The van der Waals surface area contributed by atoms with Gasteiger partial charge in [-0.15, -0.1) is 0 Å². The average molecular weight is 263 g/mol. The molecule has 4 nitrogen and oxygen atoms in total. The minimum absolute atomic E-state index is 0.663. The van der Waals surface area contributed by atoms with Crippen LogP contribution in [0, 0.1) is 18.3 Å². The number of fused-ring (bicyclic) bond motifs is 1. The lowest BCUT2D eigenvalue weighted by atomic mass is 10.1. The van der Waals surface area contributed by atoms with Crippen molar-refractivity contribution in [2.24, 2.45) is 0 Å². The molecule has 0 saturated carbocycles. The maximum atomic E-state index is 9.06. The predicted octanol–water partition coefficient (Wildman–Crippen LogP) is 3.19. The minimum Gasteiger partial charge on any atom is -0.497 e. The lowest BCUT2D eigenvalue weighted by molar-refractivity contribution is 0.415. The number of imidazole rings is 1. The Bertz CT molecular complexity index is 810. The molecule has 0 saturated heterocycles. The van der Waals surface area contributed by atoms with E-state index in [1.165, 1.54) is 0 Å². The van der Waals surface area contributed by atoms with Crippen molar-refractivity contribution in [1.82, 2.24) is 9.38 Å². The first kappa shape index (κ1) is 12.2. The first-order chi connectivity index (χ1) is 9.72. The van der Waals surface area contributed by atoms with Crippen LogP contribution in [0.25, 0.3) is 16.9 Å². The number of benzene rings is 1. The van der Waals surface area contributed by atoms with Gasteiger partial charge >= 0.3 is 0 Å². The van der Waals surface area contributed by atoms with Crippen LogP contribution in [0.3, 0.4) is 0 Å². The Morgan fingerprint density at radius 1 is 1.15 bits per heavy atom. The first-order valence-corrected chi connectivity index (χ1v) is 6.26. The normalized spacial score (nSPS) is 10.4. The van der Waals surface area contributed by atoms with Crippen LogP contribution in [0.2, 0.25) is 0 Å². The fourth-order valence-electron chi connectivity index (χ4n) is 2.21. The fourth-order valence-corrected chi connectivity index (χ4v) is 2.21. The summed E-state index contributed by atoms with van der Waals surface area (Å²) in [5.74, 6) is 0.820. The number of rotatable bonds is 2. The second kappa shape index (κ2) is 4.71. The molecule has 1 aromatic carbocycles. The van der Waals surface area contributed by atoms with Gasteiger partial charge in [0, 0.05) is 17.5 Å². The molecule has 2 aromatic heterocycles. The Labute approximate surface area is 116 Å². The summed E-state index contributed by atoms with van der Waals surface area (Å²) >= 11 is 0. The summed E-state index contributed by atoms with van der Waals surface area (Å²) in [6.07, 6.45) is 1.95. The Kier molecular flexibility index (Phi) is 2.88. The van der Waals surface area contributed by atoms with Crippen molar-refractivity contribution in [3.63, 3.8) is 0 Å². The molecule has 98 valence electrons. The van der Waals surface area contributed by atoms with Crippen LogP contribution >= 0.6 is 0 Å². The van der Waals surface area contributed by atoms with Crippen LogP contribution in [0.5, 0.6) is 5.75 Å². The third-order valence-electron chi connectivity index (χ3n) is 3.39. The molecule has 0 atom stereocenters. The number of aromatic nitrogens is 2. The molecule has 0 fully saturated rings. The molecule has 0 spiro atoms. The van der Waals surface area contributed by atoms with Gasteiger partial charge in [-0.2, -0.15) is 5.26 Å². The summed E-state index contributed by atoms with van der Waals surface area (Å²) < 4.78 is 7.09. The van der Waals surface area contributed by atoms with Crippen molar-refractivity contribution in [1.29, 1.82) is 5.26 Å². The van der Waals surface area contributed by atoms with Crippen LogP contribution in [-0.4, -0.2) is 16.5 Å². The second-order valence-electron chi connectivity index (χ2n) is 4.53. The van der Waals surface area contributed by atoms with Crippen molar-refractivity contribution in [3.05, 3.63) is 53.9 Å². The number of hydrogen-bond donors (Lipinski definition) is 0. The third-order valence-corrected chi connectivity index (χ3v) is 3.39. The maximum Gasteiger partial charge on any atom is 0.137 e. The van der Waals surface area contributed by atoms with E-state index >= 15 is 0 Å². The van der Waals surface area contributed by atoms with Crippen molar-refractivity contribution in [3.8, 4) is 23.1 Å². The van der Waals surface area contributed by atoms with E-state index in [9.17, 15) is 0 Å². The van der Waals surface area contributed by atoms with Crippen molar-refractivity contribution in [2.75, 3.05) is 7.11 Å². The number of ether oxygens (including phenoxy) is 1. The number of nitriles is 1. The van der Waals surface area contributed by atoms with Crippen LogP contribution < -0.4 is 4.74 Å². The van der Waals surface area contributed by atoms with Gasteiger partial charge in [0.25, 0.3) is 0 Å². The van der Waals surface area contributed by atoms with Gasteiger partial charge in [-0.25, -0.2) is 4.98 Å². The molecule has 20 heavy (non-hydrogen) atoms. The van der Waals surface area contributed by atoms with Gasteiger partial charge in [-0.05, 0) is 43.3 Å². The zero-order valence-electron chi connectivity index (χ0n) is 11.3. The smallest absolute Gasteiger partial charge is 0.137 e. The number of pyridine rings is 1. The summed E-state index contributed by atoms with van der Waals surface area (Å²) in [4.78, 5) is 4.59. The number of nitrogens with zero attached hydrogens (tertiary/aromatic N) is 3. The summed E-state index contributed by atoms with van der Waals surface area (Å²) in [6, 6.07) is 13.6. The molecule has 0 amide bonds. The lowest BCUT2D eigenvalue weighted by Gasteiger charge is -2.00. The number of methoxy groups -OCH3 is 1. The van der Waals surface area contributed by atoms with Gasteiger partial charge in [0.05, 0.1) is 18.4 Å². The SMILES string of the molecule is COc1ccc(-c2cn3c(C)c(C#N)ccc3n2)cc1. The van der Waals surface area contributed by atoms with E-state index in [4.69, 9.17) is 10.00 Å². The Morgan fingerprint density at radius 2 is 1.90 bits per heavy atom. The highest BCUT2D eigenvalue weighted by molar-refractivity contribution is 5.64. The highest BCUT2D eigenvalue weighted by Crippen LogP contribution is 2.23. The summed E-state index contributed by atoms with van der Waals surface area (Å²) in [7, 11) is 1.65. The quantitative estimate of drug-likeness (QED) is 0.713. The monoisotopic (exact) mass is 263 g/mol. The Hall–Kier alpha value is -2.80. The van der Waals surface area contributed by atoms with E-state index < -0.39 is 0 Å². The van der Waals surface area contributed by atoms with Gasteiger partial charge in [0.2, 0.25) is 0 Å². The largest absolute Gasteiger partial charge is 0.497 e. The summed E-state index contributed by atoms with van der Waals surface area (Å²) in [5, 5.41) is 9.06. The van der Waals surface area contributed by atoms with Gasteiger partial charge < -0.3 is 9.14 Å². The zero-order chi connectivity index (χ0) is 14.1. The van der Waals surface area contributed by atoms with E-state index in [2.05, 4.69) is 11.1 Å². The molecule has 0 radical (unpaired) electrons. The van der Waals surface area contributed by atoms with Crippen LogP contribution in [-0.2, 0) is 0 Å². The van der Waals surface area contributed by atoms with E-state index in [-0.39, 0.29) is 0 Å². The van der Waals surface area contributed by atoms with Gasteiger partial charge in [-0.1, -0.05) is 0 Å². The van der Waals surface area contributed by atoms with Crippen LogP contribution in [0.4, 0.5) is 0 Å². The molecular weight excluding hydrogens is 250 g/mol. The number of hydrogen-bond acceptors (Lipinski definition) is 3. The van der Waals surface area contributed by atoms with E-state index in [0.717, 1.165) is 28.3 Å². The van der Waals surface area contributed by atoms with E-state index in [1.807, 2.05) is 47.9 Å². The second-order valence-corrected chi connectivity index (χ2v) is 4.53. The fraction of sp³-hybridized carbons (Fsp3) is 0.125. The molecule has 0 unspecified atom stereocenters. The predicted molar refractivity (Wildman–Crippen MR) is 76.6 cm³/mol. The average Bonchev–Trinajstić information content (AvgIpc) is 2.93. The molecule has 2 heterocycles. The number of aryl methyl sites for hydroxylation is 1. The summed E-state index contributed by atoms with van der Waals surface area (Å²) in [6.45, 7) is 1.92. The maximum absolute atomic E-state index is 9.06. The topological polar surface area (TPSA) is 50.3 Å². The third kappa shape index (κ3) is 1.90. The molecule has 0 N–H and O–H groups in total. The molecule has 3 aromatic rings. The lowest BCUT2D eigenvalue weighted by Crippen LogP contribution is -1.93. The molecule has 0 aliphatic heterocycles. The first-order valence-electron chi connectivity index (χ1n) is 6.26. The molecule has 0 bridgehead atoms. The molecule has 0 aliphatic carbocycles. The Balaban J connectivity index is 2.13. The van der Waals surface area contributed by atoms with Crippen LogP contribution in [0.1, 0.15) is 11.3 Å². The highest BCUT2D eigenvalue weighted by Gasteiger charge is 2.08. The van der Waals surface area contributed by atoms with Crippen molar-refractivity contribution >= 4 is 5.65 Å². The van der Waals surface area contributed by atoms with Gasteiger partial charge in [-0.3, -0.25) is 0 Å².